The quantitative estimate of drug-likeness (QED) is 0.781. The van der Waals surface area contributed by atoms with Gasteiger partial charge in [-0.05, 0) is 50.2 Å². The summed E-state index contributed by atoms with van der Waals surface area (Å²) in [5, 5.41) is 0. The molecule has 3 rings (SSSR count). The maximum absolute atomic E-state index is 11.7. The molecule has 1 heterocycles. The van der Waals surface area contributed by atoms with Gasteiger partial charge in [-0.25, -0.2) is 4.98 Å². The summed E-state index contributed by atoms with van der Waals surface area (Å²) in [5.74, 6) is 6.45. The minimum Gasteiger partial charge on any atom is -0.369 e. The molecule has 3 nitrogen and oxygen atoms in total. The SMILES string of the molecule is NC(=O)C12CCCC(C#Cc3ccccn3)(CC1)C2. The van der Waals surface area contributed by atoms with E-state index in [1.165, 1.54) is 0 Å². The largest absolute Gasteiger partial charge is 0.369 e. The summed E-state index contributed by atoms with van der Waals surface area (Å²) in [7, 11) is 0. The second-order valence-corrected chi connectivity index (χ2v) is 5.92. The number of nitrogens with two attached hydrogens (primary N) is 1. The number of carbonyl (C=O) groups excluding carboxylic acids is 1. The molecular formula is C16H18N2O. The van der Waals surface area contributed by atoms with Gasteiger partial charge in [0.15, 0.2) is 0 Å². The first-order valence-corrected chi connectivity index (χ1v) is 6.88. The van der Waals surface area contributed by atoms with Crippen molar-refractivity contribution in [1.82, 2.24) is 4.98 Å². The second-order valence-electron chi connectivity index (χ2n) is 5.92. The van der Waals surface area contributed by atoms with Crippen LogP contribution in [0, 0.1) is 22.7 Å². The van der Waals surface area contributed by atoms with Crippen LogP contribution in [0.15, 0.2) is 24.4 Å². The van der Waals surface area contributed by atoms with E-state index in [-0.39, 0.29) is 16.7 Å². The van der Waals surface area contributed by atoms with Crippen LogP contribution in [-0.2, 0) is 4.79 Å². The lowest BCUT2D eigenvalue weighted by atomic mass is 9.69. The average molecular weight is 254 g/mol. The summed E-state index contributed by atoms with van der Waals surface area (Å²) in [6.45, 7) is 0. The van der Waals surface area contributed by atoms with Crippen molar-refractivity contribution in [3.8, 4) is 11.8 Å². The molecule has 98 valence electrons. The Balaban J connectivity index is 1.86. The van der Waals surface area contributed by atoms with Crippen molar-refractivity contribution in [2.75, 3.05) is 0 Å². The maximum atomic E-state index is 11.7. The third-order valence-corrected chi connectivity index (χ3v) is 4.71. The van der Waals surface area contributed by atoms with Crippen molar-refractivity contribution < 1.29 is 4.79 Å². The standard InChI is InChI=1S/C16H18N2O/c17-14(19)16-7-3-6-15(12-16,9-10-16)8-5-13-4-1-2-11-18-13/h1-2,4,11H,3,6-7,9-10,12H2,(H2,17,19). The highest BCUT2D eigenvalue weighted by Gasteiger charge is 2.53. The first-order valence-electron chi connectivity index (χ1n) is 6.88. The zero-order chi connectivity index (χ0) is 13.3. The number of primary amides is 1. The molecule has 0 aliphatic heterocycles. The normalized spacial score (nSPS) is 32.4. The molecule has 2 atom stereocenters. The Labute approximate surface area is 113 Å². The van der Waals surface area contributed by atoms with Gasteiger partial charge >= 0.3 is 0 Å². The summed E-state index contributed by atoms with van der Waals surface area (Å²) in [6.07, 6.45) is 7.58. The van der Waals surface area contributed by atoms with E-state index < -0.39 is 0 Å². The van der Waals surface area contributed by atoms with Crippen LogP contribution in [0.2, 0.25) is 0 Å². The molecule has 2 bridgehead atoms. The lowest BCUT2D eigenvalue weighted by molar-refractivity contribution is -0.129. The van der Waals surface area contributed by atoms with E-state index in [4.69, 9.17) is 5.73 Å². The Morgan fingerprint density at radius 1 is 1.26 bits per heavy atom. The molecule has 2 aliphatic rings. The number of aromatic nitrogens is 1. The van der Waals surface area contributed by atoms with Gasteiger partial charge in [0, 0.05) is 11.6 Å². The summed E-state index contributed by atoms with van der Waals surface area (Å²) in [6, 6.07) is 5.75. The van der Waals surface area contributed by atoms with Crippen molar-refractivity contribution in [2.24, 2.45) is 16.6 Å². The van der Waals surface area contributed by atoms with Crippen LogP contribution in [0.4, 0.5) is 0 Å². The first kappa shape index (κ1) is 12.2. The van der Waals surface area contributed by atoms with E-state index in [1.54, 1.807) is 6.20 Å². The van der Waals surface area contributed by atoms with Gasteiger partial charge in [-0.1, -0.05) is 18.4 Å². The molecule has 2 N–H and O–H groups in total. The van der Waals surface area contributed by atoms with Gasteiger partial charge in [-0.15, -0.1) is 0 Å². The highest BCUT2D eigenvalue weighted by atomic mass is 16.1. The molecule has 0 saturated heterocycles. The molecule has 1 aromatic rings. The Kier molecular flexibility index (Phi) is 2.82. The average Bonchev–Trinajstić information content (AvgIpc) is 2.71. The summed E-state index contributed by atoms with van der Waals surface area (Å²) in [4.78, 5) is 15.9. The van der Waals surface area contributed by atoms with Gasteiger partial charge in [0.1, 0.15) is 5.69 Å². The van der Waals surface area contributed by atoms with Gasteiger partial charge in [0.05, 0.1) is 5.41 Å². The highest BCUT2D eigenvalue weighted by molar-refractivity contribution is 5.81. The topological polar surface area (TPSA) is 56.0 Å². The summed E-state index contributed by atoms with van der Waals surface area (Å²) >= 11 is 0. The van der Waals surface area contributed by atoms with Gasteiger partial charge in [0.2, 0.25) is 5.91 Å². The molecule has 3 heteroatoms. The van der Waals surface area contributed by atoms with Crippen LogP contribution in [0.3, 0.4) is 0 Å². The number of amides is 1. The molecule has 19 heavy (non-hydrogen) atoms. The number of carbonyl (C=O) groups is 1. The van der Waals surface area contributed by atoms with Crippen LogP contribution in [-0.4, -0.2) is 10.9 Å². The Morgan fingerprint density at radius 3 is 2.89 bits per heavy atom. The predicted octanol–water partition coefficient (Wildman–Crippen LogP) is 2.26. The van der Waals surface area contributed by atoms with Gasteiger partial charge in [0.25, 0.3) is 0 Å². The van der Waals surface area contributed by atoms with E-state index in [2.05, 4.69) is 16.8 Å². The van der Waals surface area contributed by atoms with Crippen LogP contribution >= 0.6 is 0 Å². The molecule has 0 aromatic carbocycles. The Morgan fingerprint density at radius 2 is 2.16 bits per heavy atom. The van der Waals surface area contributed by atoms with E-state index in [9.17, 15) is 4.79 Å². The third-order valence-electron chi connectivity index (χ3n) is 4.71. The molecule has 2 fully saturated rings. The number of fused-ring (bicyclic) bond motifs is 2. The minimum atomic E-state index is -0.281. The van der Waals surface area contributed by atoms with Crippen molar-refractivity contribution >= 4 is 5.91 Å². The van der Waals surface area contributed by atoms with Crippen LogP contribution < -0.4 is 5.73 Å². The van der Waals surface area contributed by atoms with Crippen LogP contribution in [0.5, 0.6) is 0 Å². The Hall–Kier alpha value is -1.82. The lowest BCUT2D eigenvalue weighted by Gasteiger charge is -2.34. The first-order chi connectivity index (χ1) is 9.14. The number of rotatable bonds is 1. The van der Waals surface area contributed by atoms with Gasteiger partial charge < -0.3 is 5.73 Å². The van der Waals surface area contributed by atoms with E-state index in [0.29, 0.717) is 0 Å². The fourth-order valence-corrected chi connectivity index (χ4v) is 3.63. The van der Waals surface area contributed by atoms with Crippen molar-refractivity contribution in [2.45, 2.75) is 38.5 Å². The zero-order valence-electron chi connectivity index (χ0n) is 11.0. The molecule has 0 radical (unpaired) electrons. The number of nitrogens with zero attached hydrogens (tertiary/aromatic N) is 1. The molecule has 1 aromatic heterocycles. The maximum Gasteiger partial charge on any atom is 0.223 e. The molecule has 2 unspecified atom stereocenters. The van der Waals surface area contributed by atoms with Gasteiger partial charge in [-0.3, -0.25) is 4.79 Å². The monoisotopic (exact) mass is 254 g/mol. The fraction of sp³-hybridized carbons (Fsp3) is 0.500. The number of pyridine rings is 1. The number of hydrogen-bond acceptors (Lipinski definition) is 2. The third kappa shape index (κ3) is 2.12. The number of hydrogen-bond donors (Lipinski definition) is 1. The van der Waals surface area contributed by atoms with E-state index in [0.717, 1.165) is 44.2 Å². The van der Waals surface area contributed by atoms with Crippen LogP contribution in [0.25, 0.3) is 0 Å². The second kappa shape index (κ2) is 4.38. The molecule has 2 saturated carbocycles. The smallest absolute Gasteiger partial charge is 0.223 e. The van der Waals surface area contributed by atoms with Crippen molar-refractivity contribution in [3.05, 3.63) is 30.1 Å². The summed E-state index contributed by atoms with van der Waals surface area (Å²) < 4.78 is 0. The molecule has 1 amide bonds. The van der Waals surface area contributed by atoms with Gasteiger partial charge in [-0.2, -0.15) is 0 Å². The van der Waals surface area contributed by atoms with E-state index >= 15 is 0 Å². The van der Waals surface area contributed by atoms with Crippen LogP contribution in [0.1, 0.15) is 44.2 Å². The fourth-order valence-electron chi connectivity index (χ4n) is 3.63. The summed E-state index contributed by atoms with van der Waals surface area (Å²) in [5.41, 5.74) is 6.12. The predicted molar refractivity (Wildman–Crippen MR) is 72.9 cm³/mol. The molecule has 2 aliphatic carbocycles. The molecule has 0 spiro atoms. The van der Waals surface area contributed by atoms with E-state index in [1.807, 2.05) is 18.2 Å². The minimum absolute atomic E-state index is 0.00913. The van der Waals surface area contributed by atoms with Crippen molar-refractivity contribution in [1.29, 1.82) is 0 Å². The van der Waals surface area contributed by atoms with Crippen molar-refractivity contribution in [3.63, 3.8) is 0 Å². The lowest BCUT2D eigenvalue weighted by Crippen LogP contribution is -2.38. The molecular weight excluding hydrogens is 236 g/mol. The Bertz CT molecular complexity index is 557. The highest BCUT2D eigenvalue weighted by Crippen LogP contribution is 2.58. The zero-order valence-corrected chi connectivity index (χ0v) is 11.0.